The Kier molecular flexibility index (Phi) is 7.91. The number of fused-ring (bicyclic) bond motifs is 1. The molecular weight excluding hydrogens is 413 g/mol. The van der Waals surface area contributed by atoms with Crippen molar-refractivity contribution in [2.24, 2.45) is 0 Å². The van der Waals surface area contributed by atoms with E-state index in [1.165, 1.54) is 6.07 Å². The van der Waals surface area contributed by atoms with E-state index in [4.69, 9.17) is 0 Å². The van der Waals surface area contributed by atoms with Crippen LogP contribution in [-0.4, -0.2) is 25.7 Å². The summed E-state index contributed by atoms with van der Waals surface area (Å²) < 4.78 is 23.8. The van der Waals surface area contributed by atoms with Crippen molar-refractivity contribution in [3.8, 4) is 0 Å². The Bertz CT molecular complexity index is 835. The molecule has 1 aromatic rings. The first kappa shape index (κ1) is 22.4. The smallest absolute Gasteiger partial charge is 0.165 e. The molecule has 25 heavy (non-hydrogen) atoms. The topological polar surface area (TPSA) is 68.3 Å². The van der Waals surface area contributed by atoms with Crippen LogP contribution in [0.1, 0.15) is 61.5 Å². The van der Waals surface area contributed by atoms with Gasteiger partial charge < -0.3 is 4.79 Å². The van der Waals surface area contributed by atoms with Gasteiger partial charge in [-0.1, -0.05) is 38.3 Å². The van der Waals surface area contributed by atoms with Crippen LogP contribution in [0.2, 0.25) is 0 Å². The zero-order chi connectivity index (χ0) is 18.1. The Morgan fingerprint density at radius 1 is 1.12 bits per heavy atom. The van der Waals surface area contributed by atoms with E-state index < -0.39 is 9.84 Å². The second-order valence-electron chi connectivity index (χ2n) is 5.97. The van der Waals surface area contributed by atoms with Crippen LogP contribution < -0.4 is 0 Å². The molecule has 133 valence electrons. The Balaban J connectivity index is 0.00000101. The van der Waals surface area contributed by atoms with Crippen molar-refractivity contribution in [1.29, 1.82) is 0 Å². The summed E-state index contributed by atoms with van der Waals surface area (Å²) in [6.07, 6.45) is 2.36. The normalized spacial score (nSPS) is 18.0. The average Bonchev–Trinajstić information content (AvgIpc) is 2.85. The van der Waals surface area contributed by atoms with Crippen molar-refractivity contribution in [3.05, 3.63) is 40.0 Å². The number of sulfone groups is 1. The molecular formula is C19H23O4SY-. The summed E-state index contributed by atoms with van der Waals surface area (Å²) in [4.78, 5) is 25.0. The molecule has 4 nitrogen and oxygen atoms in total. The van der Waals surface area contributed by atoms with Crippen LogP contribution in [0.15, 0.2) is 22.1 Å². The summed E-state index contributed by atoms with van der Waals surface area (Å²) in [6.45, 7) is 7.57. The molecule has 0 saturated heterocycles. The zero-order valence-electron chi connectivity index (χ0n) is 15.2. The van der Waals surface area contributed by atoms with Crippen LogP contribution in [0.4, 0.5) is 0 Å². The van der Waals surface area contributed by atoms with Crippen LogP contribution in [0.5, 0.6) is 0 Å². The maximum atomic E-state index is 12.8. The Hall–Kier alpha value is -0.646. The van der Waals surface area contributed by atoms with Crippen molar-refractivity contribution < 1.29 is 50.7 Å². The summed E-state index contributed by atoms with van der Waals surface area (Å²) in [7, 11) is -3.26. The Morgan fingerprint density at radius 3 is 2.36 bits per heavy atom. The van der Waals surface area contributed by atoms with Gasteiger partial charge in [0.15, 0.2) is 15.6 Å². The molecule has 3 rings (SSSR count). The molecule has 1 aromatic carbocycles. The molecule has 0 atom stereocenters. The van der Waals surface area contributed by atoms with Gasteiger partial charge in [-0.25, -0.2) is 8.42 Å². The van der Waals surface area contributed by atoms with E-state index in [1.807, 2.05) is 20.8 Å². The van der Waals surface area contributed by atoms with Crippen molar-refractivity contribution in [2.45, 2.75) is 58.3 Å². The van der Waals surface area contributed by atoms with E-state index in [0.717, 1.165) is 18.4 Å². The molecule has 2 aliphatic rings. The molecule has 0 amide bonds. The summed E-state index contributed by atoms with van der Waals surface area (Å²) in [5.74, 6) is -0.331. The van der Waals surface area contributed by atoms with Crippen molar-refractivity contribution >= 4 is 21.4 Å². The maximum Gasteiger partial charge on any atom is 0.165 e. The quantitative estimate of drug-likeness (QED) is 0.405. The standard InChI is InChI=1S/C17H17O4S.C2H6.Y/c1-10-4-3-5-14(18)16(10)17(19)13-6-7-15-12(11(13)2)8-9-22(15,20)21;1-2;/h6H,3-5,8-9H2,1-2H3;1-2H3;/q-1;;. The van der Waals surface area contributed by atoms with Crippen molar-refractivity contribution in [2.75, 3.05) is 5.75 Å². The number of allylic oxidation sites excluding steroid dienone is 2. The third-order valence-electron chi connectivity index (χ3n) is 4.54. The van der Waals surface area contributed by atoms with Crippen LogP contribution in [0, 0.1) is 13.0 Å². The number of carbonyl (C=O) groups excluding carboxylic acids is 2. The average molecular weight is 436 g/mol. The molecule has 0 unspecified atom stereocenters. The number of Topliss-reactive ketones (excluding diaryl/α,β-unsaturated/α-hetero) is 2. The fourth-order valence-electron chi connectivity index (χ4n) is 3.28. The van der Waals surface area contributed by atoms with Gasteiger partial charge in [-0.3, -0.25) is 4.79 Å². The molecule has 0 fully saturated rings. The van der Waals surface area contributed by atoms with Crippen LogP contribution in [-0.2, 0) is 53.8 Å². The van der Waals surface area contributed by atoms with E-state index in [0.29, 0.717) is 29.5 Å². The second kappa shape index (κ2) is 8.83. The predicted octanol–water partition coefficient (Wildman–Crippen LogP) is 3.40. The van der Waals surface area contributed by atoms with Crippen LogP contribution >= 0.6 is 0 Å². The van der Waals surface area contributed by atoms with Gasteiger partial charge in [-0.05, 0) is 24.7 Å². The number of carbonyl (C=O) groups is 2. The second-order valence-corrected chi connectivity index (χ2v) is 8.01. The van der Waals surface area contributed by atoms with Crippen molar-refractivity contribution in [1.82, 2.24) is 0 Å². The first-order valence-corrected chi connectivity index (χ1v) is 10.0. The van der Waals surface area contributed by atoms with E-state index >= 15 is 0 Å². The van der Waals surface area contributed by atoms with Gasteiger partial charge in [-0.2, -0.15) is 12.1 Å². The van der Waals surface area contributed by atoms with Gasteiger partial charge in [0, 0.05) is 44.9 Å². The summed E-state index contributed by atoms with van der Waals surface area (Å²) in [5.41, 5.74) is 2.85. The SMILES string of the molecule is CC.CC1=C(C(=O)c2c[c-]c3c(c2C)CCS3(=O)=O)C(=O)CCC1.[Y]. The first-order chi connectivity index (χ1) is 11.3. The zero-order valence-corrected chi connectivity index (χ0v) is 18.9. The molecule has 0 bridgehead atoms. The molecule has 0 spiro atoms. The fraction of sp³-hybridized carbons (Fsp3) is 0.474. The van der Waals surface area contributed by atoms with E-state index in [2.05, 4.69) is 6.07 Å². The van der Waals surface area contributed by atoms with E-state index in [9.17, 15) is 18.0 Å². The maximum absolute atomic E-state index is 12.8. The third-order valence-corrected chi connectivity index (χ3v) is 6.27. The van der Waals surface area contributed by atoms with Gasteiger partial charge in [0.2, 0.25) is 0 Å². The minimum atomic E-state index is -3.26. The summed E-state index contributed by atoms with van der Waals surface area (Å²) in [6, 6.07) is 4.19. The number of hydrogen-bond donors (Lipinski definition) is 0. The van der Waals surface area contributed by atoms with Gasteiger partial charge >= 0.3 is 0 Å². The monoisotopic (exact) mass is 436 g/mol. The first-order valence-electron chi connectivity index (χ1n) is 8.37. The summed E-state index contributed by atoms with van der Waals surface area (Å²) in [5, 5.41) is 0. The molecule has 0 aromatic heterocycles. The van der Waals surface area contributed by atoms with Gasteiger partial charge in [0.1, 0.15) is 5.78 Å². The Morgan fingerprint density at radius 2 is 1.76 bits per heavy atom. The van der Waals surface area contributed by atoms with Gasteiger partial charge in [0.05, 0.1) is 5.57 Å². The molecule has 0 saturated carbocycles. The van der Waals surface area contributed by atoms with E-state index in [1.54, 1.807) is 6.92 Å². The number of rotatable bonds is 2. The van der Waals surface area contributed by atoms with Crippen molar-refractivity contribution in [3.63, 3.8) is 0 Å². The minimum absolute atomic E-state index is 0. The number of hydrogen-bond acceptors (Lipinski definition) is 4. The van der Waals surface area contributed by atoms with Gasteiger partial charge in [-0.15, -0.1) is 11.1 Å². The molecule has 1 aliphatic heterocycles. The van der Waals surface area contributed by atoms with Gasteiger partial charge in [0.25, 0.3) is 0 Å². The van der Waals surface area contributed by atoms with Crippen LogP contribution in [0.25, 0.3) is 0 Å². The molecule has 1 heterocycles. The minimum Gasteiger partial charge on any atom is -0.303 e. The largest absolute Gasteiger partial charge is 0.303 e. The predicted molar refractivity (Wildman–Crippen MR) is 93.0 cm³/mol. The summed E-state index contributed by atoms with van der Waals surface area (Å²) >= 11 is 0. The molecule has 6 heteroatoms. The van der Waals surface area contributed by atoms with E-state index in [-0.39, 0.29) is 60.5 Å². The Labute approximate surface area is 175 Å². The number of benzene rings is 1. The molecule has 0 N–H and O–H groups in total. The number of ketones is 2. The fourth-order valence-corrected chi connectivity index (χ4v) is 4.82. The van der Waals surface area contributed by atoms with Crippen LogP contribution in [0.3, 0.4) is 0 Å². The molecule has 1 radical (unpaired) electrons. The molecule has 1 aliphatic carbocycles. The third kappa shape index (κ3) is 4.20.